The molecule has 0 spiro atoms. The second-order valence-corrected chi connectivity index (χ2v) is 3.11. The lowest BCUT2D eigenvalue weighted by atomic mass is 10.3. The SMILES string of the molecule is CC(N)Cn1cnc2cncnc21. The Morgan fingerprint density at radius 1 is 1.54 bits per heavy atom. The van der Waals surface area contributed by atoms with Gasteiger partial charge in [-0.3, -0.25) is 0 Å². The van der Waals surface area contributed by atoms with Crippen molar-refractivity contribution in [3.05, 3.63) is 18.9 Å². The number of nitrogens with two attached hydrogens (primary N) is 1. The van der Waals surface area contributed by atoms with Crippen LogP contribution >= 0.6 is 0 Å². The normalized spacial score (nSPS) is 13.4. The number of hydrogen-bond acceptors (Lipinski definition) is 4. The van der Waals surface area contributed by atoms with E-state index in [9.17, 15) is 0 Å². The molecule has 0 saturated carbocycles. The molecule has 1 unspecified atom stereocenters. The van der Waals surface area contributed by atoms with E-state index < -0.39 is 0 Å². The topological polar surface area (TPSA) is 69.6 Å². The van der Waals surface area contributed by atoms with Crippen LogP contribution in [0.3, 0.4) is 0 Å². The average molecular weight is 177 g/mol. The van der Waals surface area contributed by atoms with Gasteiger partial charge in [-0.15, -0.1) is 0 Å². The average Bonchev–Trinajstić information content (AvgIpc) is 2.48. The fourth-order valence-electron chi connectivity index (χ4n) is 1.26. The first kappa shape index (κ1) is 8.12. The second-order valence-electron chi connectivity index (χ2n) is 3.11. The molecule has 5 nitrogen and oxygen atoms in total. The van der Waals surface area contributed by atoms with Crippen molar-refractivity contribution in [2.24, 2.45) is 5.73 Å². The van der Waals surface area contributed by atoms with Gasteiger partial charge >= 0.3 is 0 Å². The fraction of sp³-hybridized carbons (Fsp3) is 0.375. The molecule has 0 radical (unpaired) electrons. The number of nitrogens with zero attached hydrogens (tertiary/aromatic N) is 4. The Bertz CT molecular complexity index is 406. The van der Waals surface area contributed by atoms with Crippen molar-refractivity contribution in [2.45, 2.75) is 19.5 Å². The van der Waals surface area contributed by atoms with Crippen LogP contribution in [0.5, 0.6) is 0 Å². The Hall–Kier alpha value is -1.49. The van der Waals surface area contributed by atoms with Gasteiger partial charge in [0.15, 0.2) is 5.65 Å². The molecule has 0 aliphatic rings. The summed E-state index contributed by atoms with van der Waals surface area (Å²) in [4.78, 5) is 12.2. The van der Waals surface area contributed by atoms with Crippen molar-refractivity contribution in [1.29, 1.82) is 0 Å². The van der Waals surface area contributed by atoms with Crippen LogP contribution in [0.1, 0.15) is 6.92 Å². The molecule has 2 N–H and O–H groups in total. The number of rotatable bonds is 2. The monoisotopic (exact) mass is 177 g/mol. The minimum absolute atomic E-state index is 0.104. The van der Waals surface area contributed by atoms with Gasteiger partial charge in [-0.1, -0.05) is 0 Å². The minimum Gasteiger partial charge on any atom is -0.326 e. The van der Waals surface area contributed by atoms with Crippen LogP contribution in [0, 0.1) is 0 Å². The van der Waals surface area contributed by atoms with E-state index in [0.29, 0.717) is 0 Å². The van der Waals surface area contributed by atoms with Gasteiger partial charge in [0.1, 0.15) is 11.8 Å². The zero-order valence-corrected chi connectivity index (χ0v) is 7.38. The van der Waals surface area contributed by atoms with E-state index in [4.69, 9.17) is 5.73 Å². The summed E-state index contributed by atoms with van der Waals surface area (Å²) in [6, 6.07) is 0.104. The maximum absolute atomic E-state index is 5.68. The lowest BCUT2D eigenvalue weighted by Gasteiger charge is -2.05. The first-order chi connectivity index (χ1) is 6.27. The Morgan fingerprint density at radius 3 is 3.15 bits per heavy atom. The zero-order valence-electron chi connectivity index (χ0n) is 7.38. The molecule has 2 rings (SSSR count). The number of hydrogen-bond donors (Lipinski definition) is 1. The first-order valence-electron chi connectivity index (χ1n) is 4.14. The molecule has 5 heteroatoms. The molecule has 0 amide bonds. The van der Waals surface area contributed by atoms with E-state index >= 15 is 0 Å². The van der Waals surface area contributed by atoms with E-state index in [1.165, 1.54) is 6.33 Å². The predicted molar refractivity (Wildman–Crippen MR) is 49.0 cm³/mol. The molecular weight excluding hydrogens is 166 g/mol. The third-order valence-corrected chi connectivity index (χ3v) is 1.77. The molecule has 0 aliphatic carbocycles. The van der Waals surface area contributed by atoms with E-state index in [1.54, 1.807) is 12.5 Å². The summed E-state index contributed by atoms with van der Waals surface area (Å²) < 4.78 is 1.93. The molecule has 0 saturated heterocycles. The Balaban J connectivity index is 2.46. The first-order valence-corrected chi connectivity index (χ1v) is 4.14. The maximum atomic E-state index is 5.68. The molecular formula is C8H11N5. The molecule has 2 aromatic rings. The van der Waals surface area contributed by atoms with Crippen molar-refractivity contribution in [3.63, 3.8) is 0 Å². The molecule has 2 heterocycles. The van der Waals surface area contributed by atoms with Gasteiger partial charge in [0.25, 0.3) is 0 Å². The van der Waals surface area contributed by atoms with Crippen molar-refractivity contribution >= 4 is 11.2 Å². The summed E-state index contributed by atoms with van der Waals surface area (Å²) >= 11 is 0. The van der Waals surface area contributed by atoms with E-state index in [-0.39, 0.29) is 6.04 Å². The number of aromatic nitrogens is 4. The van der Waals surface area contributed by atoms with Gasteiger partial charge in [0, 0.05) is 12.6 Å². The van der Waals surface area contributed by atoms with Crippen molar-refractivity contribution < 1.29 is 0 Å². The standard InChI is InChI=1S/C8H11N5/c1-6(9)3-13-5-12-7-2-10-4-11-8(7)13/h2,4-6H,3,9H2,1H3. The van der Waals surface area contributed by atoms with Crippen LogP contribution in [-0.4, -0.2) is 25.6 Å². The highest BCUT2D eigenvalue weighted by atomic mass is 15.1. The number of imidazole rings is 1. The highest BCUT2D eigenvalue weighted by molar-refractivity contribution is 5.68. The molecule has 0 aromatic carbocycles. The fourth-order valence-corrected chi connectivity index (χ4v) is 1.26. The van der Waals surface area contributed by atoms with E-state index in [1.807, 2.05) is 11.5 Å². The summed E-state index contributed by atoms with van der Waals surface area (Å²) in [5.41, 5.74) is 7.33. The lowest BCUT2D eigenvalue weighted by Crippen LogP contribution is -2.21. The Kier molecular flexibility index (Phi) is 1.94. The van der Waals surface area contributed by atoms with Crippen molar-refractivity contribution in [1.82, 2.24) is 19.5 Å². The number of fused-ring (bicyclic) bond motifs is 1. The van der Waals surface area contributed by atoms with Gasteiger partial charge in [0.05, 0.1) is 12.5 Å². The van der Waals surface area contributed by atoms with Gasteiger partial charge in [-0.2, -0.15) is 0 Å². The summed E-state index contributed by atoms with van der Waals surface area (Å²) in [5, 5.41) is 0. The highest BCUT2D eigenvalue weighted by Gasteiger charge is 2.04. The van der Waals surface area contributed by atoms with Crippen LogP contribution in [0.25, 0.3) is 11.2 Å². The zero-order chi connectivity index (χ0) is 9.26. The largest absolute Gasteiger partial charge is 0.326 e. The highest BCUT2D eigenvalue weighted by Crippen LogP contribution is 2.06. The van der Waals surface area contributed by atoms with Crippen LogP contribution < -0.4 is 5.73 Å². The van der Waals surface area contributed by atoms with Crippen molar-refractivity contribution in [2.75, 3.05) is 0 Å². The van der Waals surface area contributed by atoms with Gasteiger partial charge in [-0.05, 0) is 6.92 Å². The summed E-state index contributed by atoms with van der Waals surface area (Å²) in [6.45, 7) is 2.68. The summed E-state index contributed by atoms with van der Waals surface area (Å²) in [7, 11) is 0. The molecule has 0 fully saturated rings. The third-order valence-electron chi connectivity index (χ3n) is 1.77. The van der Waals surface area contributed by atoms with Gasteiger partial charge in [0.2, 0.25) is 0 Å². The lowest BCUT2D eigenvalue weighted by molar-refractivity contribution is 0.598. The predicted octanol–water partition coefficient (Wildman–Crippen LogP) is 0.173. The van der Waals surface area contributed by atoms with Crippen LogP contribution in [0.4, 0.5) is 0 Å². The summed E-state index contributed by atoms with van der Waals surface area (Å²) in [5.74, 6) is 0. The van der Waals surface area contributed by atoms with Crippen LogP contribution in [-0.2, 0) is 6.54 Å². The van der Waals surface area contributed by atoms with Crippen LogP contribution in [0.15, 0.2) is 18.9 Å². The minimum atomic E-state index is 0.104. The van der Waals surface area contributed by atoms with E-state index in [2.05, 4.69) is 15.0 Å². The van der Waals surface area contributed by atoms with Gasteiger partial charge < -0.3 is 10.3 Å². The summed E-state index contributed by atoms with van der Waals surface area (Å²) in [6.07, 6.45) is 4.95. The molecule has 0 aliphatic heterocycles. The van der Waals surface area contributed by atoms with E-state index in [0.717, 1.165) is 17.7 Å². The molecule has 1 atom stereocenters. The third kappa shape index (κ3) is 1.50. The Labute approximate surface area is 75.6 Å². The van der Waals surface area contributed by atoms with Crippen molar-refractivity contribution in [3.8, 4) is 0 Å². The molecule has 68 valence electrons. The second kappa shape index (κ2) is 3.10. The smallest absolute Gasteiger partial charge is 0.163 e. The molecule has 2 aromatic heterocycles. The Morgan fingerprint density at radius 2 is 2.38 bits per heavy atom. The van der Waals surface area contributed by atoms with Crippen LogP contribution in [0.2, 0.25) is 0 Å². The quantitative estimate of drug-likeness (QED) is 0.710. The molecule has 13 heavy (non-hydrogen) atoms. The van der Waals surface area contributed by atoms with Gasteiger partial charge in [-0.25, -0.2) is 15.0 Å². The maximum Gasteiger partial charge on any atom is 0.163 e. The molecule has 0 bridgehead atoms.